The molecule has 0 aliphatic rings. The van der Waals surface area contributed by atoms with Crippen molar-refractivity contribution in [3.8, 4) is 0 Å². The molecule has 24 heavy (non-hydrogen) atoms. The van der Waals surface area contributed by atoms with E-state index in [4.69, 9.17) is 4.74 Å². The predicted octanol–water partition coefficient (Wildman–Crippen LogP) is 1.48. The van der Waals surface area contributed by atoms with E-state index in [0.717, 1.165) is 4.68 Å². The van der Waals surface area contributed by atoms with E-state index in [1.807, 2.05) is 0 Å². The van der Waals surface area contributed by atoms with Gasteiger partial charge in [0.2, 0.25) is 11.6 Å². The van der Waals surface area contributed by atoms with Crippen molar-refractivity contribution in [1.82, 2.24) is 19.6 Å². The molecule has 0 aliphatic carbocycles. The number of aromatic nitrogens is 4. The Kier molecular flexibility index (Phi) is 5.18. The lowest BCUT2D eigenvalue weighted by atomic mass is 10.3. The minimum absolute atomic E-state index is 0.125. The summed E-state index contributed by atoms with van der Waals surface area (Å²) in [4.78, 5) is 21.9. The van der Waals surface area contributed by atoms with E-state index in [9.17, 15) is 23.7 Å². The zero-order chi connectivity index (χ0) is 17.9. The third-order valence-corrected chi connectivity index (χ3v) is 3.06. The molecule has 130 valence electrons. The second-order valence-electron chi connectivity index (χ2n) is 4.77. The van der Waals surface area contributed by atoms with E-state index < -0.39 is 35.2 Å². The Balaban J connectivity index is 2.13. The molecule has 2 heterocycles. The van der Waals surface area contributed by atoms with Gasteiger partial charge in [0.25, 0.3) is 6.43 Å². The van der Waals surface area contributed by atoms with Crippen molar-refractivity contribution in [3.63, 3.8) is 0 Å². The van der Waals surface area contributed by atoms with Gasteiger partial charge in [-0.05, 0) is 6.92 Å². The van der Waals surface area contributed by atoms with Crippen LogP contribution in [0.25, 0.3) is 0 Å². The molecule has 10 nitrogen and oxygen atoms in total. The fourth-order valence-electron chi connectivity index (χ4n) is 2.05. The quantitative estimate of drug-likeness (QED) is 0.600. The molecule has 0 atom stereocenters. The summed E-state index contributed by atoms with van der Waals surface area (Å²) in [5.74, 6) is -0.590. The zero-order valence-electron chi connectivity index (χ0n) is 12.8. The molecule has 0 bridgehead atoms. The Morgan fingerprint density at radius 1 is 1.54 bits per heavy atom. The van der Waals surface area contributed by atoms with Crippen LogP contribution in [0, 0.1) is 17.0 Å². The highest BCUT2D eigenvalue weighted by Crippen LogP contribution is 2.30. The lowest BCUT2D eigenvalue weighted by Crippen LogP contribution is -2.20. The molecule has 0 unspecified atom stereocenters. The number of carbonyl (C=O) groups is 1. The van der Waals surface area contributed by atoms with Crippen LogP contribution in [0.2, 0.25) is 0 Å². The number of alkyl halides is 2. The first kappa shape index (κ1) is 17.5. The van der Waals surface area contributed by atoms with Crippen LogP contribution in [0.15, 0.2) is 12.4 Å². The fourth-order valence-corrected chi connectivity index (χ4v) is 2.05. The molecule has 0 radical (unpaired) electrons. The van der Waals surface area contributed by atoms with Gasteiger partial charge in [-0.3, -0.25) is 19.6 Å². The summed E-state index contributed by atoms with van der Waals surface area (Å²) in [6.07, 6.45) is -0.231. The number of ether oxygens (including phenoxy) is 1. The number of hydrogen-bond acceptors (Lipinski definition) is 6. The van der Waals surface area contributed by atoms with Crippen molar-refractivity contribution in [1.29, 1.82) is 0 Å². The molecule has 2 aromatic rings. The zero-order valence-corrected chi connectivity index (χ0v) is 12.8. The number of nitrogens with one attached hydrogen (secondary N) is 1. The molecule has 0 spiro atoms. The summed E-state index contributed by atoms with van der Waals surface area (Å²) >= 11 is 0. The number of carbonyl (C=O) groups excluding carboxylic acids is 1. The van der Waals surface area contributed by atoms with Gasteiger partial charge in [-0.25, -0.2) is 13.5 Å². The van der Waals surface area contributed by atoms with E-state index in [0.29, 0.717) is 5.69 Å². The lowest BCUT2D eigenvalue weighted by Gasteiger charge is -2.04. The van der Waals surface area contributed by atoms with Crippen LogP contribution < -0.4 is 5.32 Å². The molecular formula is C12H14F2N6O4. The van der Waals surface area contributed by atoms with Crippen molar-refractivity contribution in [2.24, 2.45) is 0 Å². The van der Waals surface area contributed by atoms with Gasteiger partial charge in [0.05, 0.1) is 23.0 Å². The molecule has 0 saturated carbocycles. The van der Waals surface area contributed by atoms with E-state index in [1.54, 1.807) is 0 Å². The van der Waals surface area contributed by atoms with E-state index >= 15 is 0 Å². The van der Waals surface area contributed by atoms with Crippen LogP contribution in [0.5, 0.6) is 0 Å². The average Bonchev–Trinajstić information content (AvgIpc) is 3.05. The second-order valence-corrected chi connectivity index (χ2v) is 4.77. The molecule has 2 aromatic heterocycles. The lowest BCUT2D eigenvalue weighted by molar-refractivity contribution is -0.386. The largest absolute Gasteiger partial charge is 0.362 e. The normalized spacial score (nSPS) is 11.0. The van der Waals surface area contributed by atoms with Crippen molar-refractivity contribution in [2.45, 2.75) is 26.6 Å². The second kappa shape index (κ2) is 7.12. The number of nitro groups is 1. The first-order valence-electron chi connectivity index (χ1n) is 6.64. The summed E-state index contributed by atoms with van der Waals surface area (Å²) in [6, 6.07) is 0. The minimum Gasteiger partial charge on any atom is -0.362 e. The highest BCUT2D eigenvalue weighted by molar-refractivity contribution is 5.90. The van der Waals surface area contributed by atoms with Gasteiger partial charge in [-0.1, -0.05) is 0 Å². The van der Waals surface area contributed by atoms with E-state index in [-0.39, 0.29) is 12.4 Å². The highest BCUT2D eigenvalue weighted by atomic mass is 19.3. The van der Waals surface area contributed by atoms with Crippen molar-refractivity contribution in [2.75, 3.05) is 12.4 Å². The SMILES string of the molecule is COCn1cc(NC(=O)Cn2nc(C(F)F)c([N+](=O)[O-])c2C)cn1. The number of halogens is 2. The van der Waals surface area contributed by atoms with E-state index in [1.165, 1.54) is 31.1 Å². The van der Waals surface area contributed by atoms with Gasteiger partial charge in [-0.2, -0.15) is 10.2 Å². The maximum absolute atomic E-state index is 12.8. The molecule has 2 rings (SSSR count). The van der Waals surface area contributed by atoms with Crippen LogP contribution in [-0.4, -0.2) is 37.5 Å². The third kappa shape index (κ3) is 3.71. The Hall–Kier alpha value is -2.89. The number of nitrogens with zero attached hydrogens (tertiary/aromatic N) is 5. The molecule has 0 saturated heterocycles. The number of hydrogen-bond donors (Lipinski definition) is 1. The maximum Gasteiger partial charge on any atom is 0.319 e. The number of anilines is 1. The molecule has 0 aromatic carbocycles. The van der Waals surface area contributed by atoms with Crippen molar-refractivity contribution in [3.05, 3.63) is 33.9 Å². The van der Waals surface area contributed by atoms with Gasteiger partial charge in [0, 0.05) is 7.11 Å². The van der Waals surface area contributed by atoms with E-state index in [2.05, 4.69) is 15.5 Å². The maximum atomic E-state index is 12.8. The van der Waals surface area contributed by atoms with Crippen LogP contribution >= 0.6 is 0 Å². The Bertz CT molecular complexity index is 757. The van der Waals surface area contributed by atoms with Gasteiger partial charge in [0.1, 0.15) is 19.0 Å². The van der Waals surface area contributed by atoms with Crippen LogP contribution in [-0.2, 0) is 22.8 Å². The van der Waals surface area contributed by atoms with Gasteiger partial charge in [-0.15, -0.1) is 0 Å². The molecule has 12 heteroatoms. The van der Waals surface area contributed by atoms with Crippen LogP contribution in [0.4, 0.5) is 20.2 Å². The number of methoxy groups -OCH3 is 1. The summed E-state index contributed by atoms with van der Waals surface area (Å²) in [5, 5.41) is 20.8. The standard InChI is InChI=1S/C12H14F2N6O4/c1-7-11(20(22)23)10(12(13)14)17-19(7)5-9(21)16-8-3-15-18(4-8)6-24-2/h3-4,12H,5-6H2,1-2H3,(H,16,21). The first-order chi connectivity index (χ1) is 11.3. The molecule has 1 amide bonds. The molecule has 1 N–H and O–H groups in total. The topological polar surface area (TPSA) is 117 Å². The van der Waals surface area contributed by atoms with Gasteiger partial charge in [0.15, 0.2) is 0 Å². The highest BCUT2D eigenvalue weighted by Gasteiger charge is 2.31. The monoisotopic (exact) mass is 344 g/mol. The average molecular weight is 344 g/mol. The van der Waals surface area contributed by atoms with Gasteiger partial charge >= 0.3 is 5.69 Å². The summed E-state index contributed by atoms with van der Waals surface area (Å²) in [5.41, 5.74) is -1.50. The Labute approximate surface area is 134 Å². The fraction of sp³-hybridized carbons (Fsp3) is 0.417. The number of amides is 1. The van der Waals surface area contributed by atoms with Crippen molar-refractivity contribution < 1.29 is 23.2 Å². The summed E-state index contributed by atoms with van der Waals surface area (Å²) < 4.78 is 32.8. The number of rotatable bonds is 7. The third-order valence-electron chi connectivity index (χ3n) is 3.06. The summed E-state index contributed by atoms with van der Waals surface area (Å²) in [6.45, 7) is 0.994. The van der Waals surface area contributed by atoms with Crippen LogP contribution in [0.3, 0.4) is 0 Å². The molecular weight excluding hydrogens is 330 g/mol. The molecule has 0 fully saturated rings. The predicted molar refractivity (Wildman–Crippen MR) is 76.4 cm³/mol. The smallest absolute Gasteiger partial charge is 0.319 e. The summed E-state index contributed by atoms with van der Waals surface area (Å²) in [7, 11) is 1.48. The Morgan fingerprint density at radius 2 is 2.25 bits per heavy atom. The Morgan fingerprint density at radius 3 is 2.79 bits per heavy atom. The van der Waals surface area contributed by atoms with Crippen molar-refractivity contribution >= 4 is 17.3 Å². The molecule has 0 aliphatic heterocycles. The minimum atomic E-state index is -3.11. The first-order valence-corrected chi connectivity index (χ1v) is 6.64. The van der Waals surface area contributed by atoms with Crippen LogP contribution in [0.1, 0.15) is 17.8 Å². The van der Waals surface area contributed by atoms with Gasteiger partial charge < -0.3 is 10.1 Å².